The smallest absolute Gasteiger partial charge is 0.272 e. The molecule has 0 bridgehead atoms. The predicted molar refractivity (Wildman–Crippen MR) is 84.7 cm³/mol. The summed E-state index contributed by atoms with van der Waals surface area (Å²) in [6, 6.07) is 1.73. The summed E-state index contributed by atoms with van der Waals surface area (Å²) in [6.07, 6.45) is 5.01. The number of morpholine rings is 1. The molecule has 0 N–H and O–H groups in total. The first-order valence-corrected chi connectivity index (χ1v) is 8.51. The van der Waals surface area contributed by atoms with E-state index in [1.807, 2.05) is 4.68 Å². The molecular weight excluding hydrogens is 326 g/mol. The Balaban J connectivity index is 1.58. The van der Waals surface area contributed by atoms with Crippen molar-refractivity contribution in [2.45, 2.75) is 38.0 Å². The van der Waals surface area contributed by atoms with E-state index in [0.717, 1.165) is 12.8 Å². The highest BCUT2D eigenvalue weighted by atomic mass is 16.5. The second-order valence-electron chi connectivity index (χ2n) is 6.31. The Morgan fingerprint density at radius 2 is 2.32 bits per heavy atom. The van der Waals surface area contributed by atoms with E-state index in [4.69, 9.17) is 14.0 Å². The van der Waals surface area contributed by atoms with Crippen molar-refractivity contribution in [3.05, 3.63) is 29.7 Å². The maximum absolute atomic E-state index is 13.1. The molecule has 2 fully saturated rings. The van der Waals surface area contributed by atoms with Gasteiger partial charge in [-0.1, -0.05) is 5.16 Å². The molecule has 1 atom stereocenters. The van der Waals surface area contributed by atoms with Crippen LogP contribution in [0.15, 0.2) is 16.8 Å². The normalized spacial score (nSPS) is 21.3. The van der Waals surface area contributed by atoms with Crippen LogP contribution >= 0.6 is 0 Å². The summed E-state index contributed by atoms with van der Waals surface area (Å²) in [5.41, 5.74) is 0.609. The van der Waals surface area contributed by atoms with Crippen LogP contribution in [-0.4, -0.2) is 57.6 Å². The fourth-order valence-corrected chi connectivity index (χ4v) is 3.20. The van der Waals surface area contributed by atoms with E-state index in [-0.39, 0.29) is 18.6 Å². The van der Waals surface area contributed by atoms with Gasteiger partial charge in [-0.05, 0) is 25.3 Å². The van der Waals surface area contributed by atoms with E-state index in [0.29, 0.717) is 43.2 Å². The molecule has 3 heterocycles. The number of hydrogen-bond donors (Lipinski definition) is 0. The van der Waals surface area contributed by atoms with E-state index >= 15 is 0 Å². The minimum atomic E-state index is -0.375. The Kier molecular flexibility index (Phi) is 4.50. The van der Waals surface area contributed by atoms with Gasteiger partial charge >= 0.3 is 0 Å². The van der Waals surface area contributed by atoms with E-state index < -0.39 is 0 Å². The summed E-state index contributed by atoms with van der Waals surface area (Å²) in [4.78, 5) is 19.2. The van der Waals surface area contributed by atoms with Gasteiger partial charge in [-0.3, -0.25) is 9.48 Å². The zero-order valence-electron chi connectivity index (χ0n) is 14.1. The molecule has 1 saturated carbocycles. The molecular formula is C16H21N5O4. The lowest BCUT2D eigenvalue weighted by atomic mass is 9.93. The first kappa shape index (κ1) is 16.2. The number of carbonyl (C=O) groups is 1. The molecule has 4 rings (SSSR count). The zero-order chi connectivity index (χ0) is 17.2. The Morgan fingerprint density at radius 1 is 1.44 bits per heavy atom. The monoisotopic (exact) mass is 347 g/mol. The van der Waals surface area contributed by atoms with Crippen molar-refractivity contribution in [3.8, 4) is 0 Å². The number of hydrogen-bond acceptors (Lipinski definition) is 7. The Labute approximate surface area is 144 Å². The van der Waals surface area contributed by atoms with Crippen molar-refractivity contribution < 1.29 is 18.8 Å². The second kappa shape index (κ2) is 6.93. The first-order chi connectivity index (χ1) is 12.3. The van der Waals surface area contributed by atoms with Gasteiger partial charge in [0.2, 0.25) is 0 Å². The number of carbonyl (C=O) groups excluding carboxylic acids is 1. The molecule has 1 unspecified atom stereocenters. The topological polar surface area (TPSA) is 95.5 Å². The number of nitrogens with zero attached hydrogens (tertiary/aromatic N) is 5. The van der Waals surface area contributed by atoms with Gasteiger partial charge in [0.15, 0.2) is 5.82 Å². The van der Waals surface area contributed by atoms with Crippen molar-refractivity contribution in [2.24, 2.45) is 0 Å². The molecule has 0 spiro atoms. The second-order valence-corrected chi connectivity index (χ2v) is 6.31. The van der Waals surface area contributed by atoms with E-state index in [1.165, 1.54) is 6.42 Å². The molecule has 0 radical (unpaired) electrons. The molecule has 9 nitrogen and oxygen atoms in total. The van der Waals surface area contributed by atoms with Crippen LogP contribution in [0, 0.1) is 0 Å². The van der Waals surface area contributed by atoms with Crippen LogP contribution in [0.3, 0.4) is 0 Å². The van der Waals surface area contributed by atoms with Gasteiger partial charge in [0, 0.05) is 19.9 Å². The van der Waals surface area contributed by atoms with Gasteiger partial charge in [0.25, 0.3) is 11.8 Å². The molecule has 1 aliphatic heterocycles. The van der Waals surface area contributed by atoms with Crippen LogP contribution < -0.4 is 0 Å². The third kappa shape index (κ3) is 3.05. The summed E-state index contributed by atoms with van der Waals surface area (Å²) in [6.45, 7) is 1.55. The number of aromatic nitrogens is 4. The third-order valence-electron chi connectivity index (χ3n) is 4.75. The average Bonchev–Trinajstić information content (AvgIpc) is 3.23. The number of ether oxygens (including phenoxy) is 2. The lowest BCUT2D eigenvalue weighted by Crippen LogP contribution is -2.44. The van der Waals surface area contributed by atoms with Gasteiger partial charge in [-0.25, -0.2) is 0 Å². The van der Waals surface area contributed by atoms with E-state index in [1.54, 1.807) is 24.3 Å². The van der Waals surface area contributed by atoms with Crippen molar-refractivity contribution >= 4 is 5.91 Å². The fourth-order valence-electron chi connectivity index (χ4n) is 3.20. The van der Waals surface area contributed by atoms with Gasteiger partial charge in [0.05, 0.1) is 19.3 Å². The van der Waals surface area contributed by atoms with Crippen LogP contribution in [0.5, 0.6) is 0 Å². The summed E-state index contributed by atoms with van der Waals surface area (Å²) in [5, 5.41) is 8.35. The van der Waals surface area contributed by atoms with Gasteiger partial charge in [0.1, 0.15) is 18.3 Å². The molecule has 2 aliphatic rings. The summed E-state index contributed by atoms with van der Waals surface area (Å²) >= 11 is 0. The minimum Gasteiger partial charge on any atom is -0.377 e. The molecule has 1 saturated heterocycles. The maximum atomic E-state index is 13.1. The standard InChI is InChI=1S/C16H21N5O4/c1-23-10-14-18-15(19-25-14)13-9-24-8-7-20(13)16(22)12-5-6-17-21(12)11-3-2-4-11/h5-6,11,13H,2-4,7-10H2,1H3. The number of rotatable bonds is 5. The molecule has 1 amide bonds. The summed E-state index contributed by atoms with van der Waals surface area (Å²) in [7, 11) is 1.56. The van der Waals surface area contributed by atoms with Crippen molar-refractivity contribution in [3.63, 3.8) is 0 Å². The van der Waals surface area contributed by atoms with Crippen molar-refractivity contribution in [2.75, 3.05) is 26.9 Å². The molecule has 134 valence electrons. The molecule has 2 aromatic heterocycles. The highest BCUT2D eigenvalue weighted by Gasteiger charge is 2.35. The van der Waals surface area contributed by atoms with E-state index in [9.17, 15) is 4.79 Å². The minimum absolute atomic E-state index is 0.0733. The van der Waals surface area contributed by atoms with E-state index in [2.05, 4.69) is 15.2 Å². The van der Waals surface area contributed by atoms with Crippen LogP contribution in [0.1, 0.15) is 53.5 Å². The highest BCUT2D eigenvalue weighted by molar-refractivity contribution is 5.93. The van der Waals surface area contributed by atoms with Crippen LogP contribution in [0.2, 0.25) is 0 Å². The lowest BCUT2D eigenvalue weighted by molar-refractivity contribution is -0.00663. The van der Waals surface area contributed by atoms with Crippen molar-refractivity contribution in [1.29, 1.82) is 0 Å². The molecule has 0 aromatic carbocycles. The molecule has 25 heavy (non-hydrogen) atoms. The molecule has 1 aliphatic carbocycles. The van der Waals surface area contributed by atoms with Crippen LogP contribution in [0.25, 0.3) is 0 Å². The molecule has 9 heteroatoms. The van der Waals surface area contributed by atoms with Crippen molar-refractivity contribution in [1.82, 2.24) is 24.8 Å². The first-order valence-electron chi connectivity index (χ1n) is 8.51. The third-order valence-corrected chi connectivity index (χ3v) is 4.75. The SMILES string of the molecule is COCc1nc(C2COCCN2C(=O)c2ccnn2C2CCC2)no1. The van der Waals surface area contributed by atoms with Gasteiger partial charge in [-0.2, -0.15) is 10.1 Å². The Bertz CT molecular complexity index is 738. The highest BCUT2D eigenvalue weighted by Crippen LogP contribution is 2.33. The van der Waals surface area contributed by atoms with Gasteiger partial charge < -0.3 is 18.9 Å². The van der Waals surface area contributed by atoms with Crippen LogP contribution in [-0.2, 0) is 16.1 Å². The summed E-state index contributed by atoms with van der Waals surface area (Å²) < 4.78 is 17.6. The zero-order valence-corrected chi connectivity index (χ0v) is 14.1. The number of methoxy groups -OCH3 is 1. The van der Waals surface area contributed by atoms with Crippen LogP contribution in [0.4, 0.5) is 0 Å². The fraction of sp³-hybridized carbons (Fsp3) is 0.625. The Morgan fingerprint density at radius 3 is 3.08 bits per heavy atom. The lowest BCUT2D eigenvalue weighted by Gasteiger charge is -2.34. The Hall–Kier alpha value is -2.26. The molecule has 2 aromatic rings. The number of amides is 1. The van der Waals surface area contributed by atoms with Gasteiger partial charge in [-0.15, -0.1) is 0 Å². The largest absolute Gasteiger partial charge is 0.377 e. The predicted octanol–water partition coefficient (Wildman–Crippen LogP) is 1.35. The quantitative estimate of drug-likeness (QED) is 0.805. The average molecular weight is 347 g/mol. The maximum Gasteiger partial charge on any atom is 0.272 e. The summed E-state index contributed by atoms with van der Waals surface area (Å²) in [5.74, 6) is 0.751.